The van der Waals surface area contributed by atoms with Gasteiger partial charge in [0.2, 0.25) is 17.6 Å². The molecular formula is C41H65N5O7S. The van der Waals surface area contributed by atoms with Gasteiger partial charge in [0, 0.05) is 19.5 Å². The minimum Gasteiger partial charge on any atom is -0.349 e. The number of amides is 5. The second kappa shape index (κ2) is 16.1. The number of Topliss-reactive ketones (excluding diaryl/α,β-unsaturated/α-hetero) is 1. The quantitative estimate of drug-likeness (QED) is 0.141. The summed E-state index contributed by atoms with van der Waals surface area (Å²) in [6, 6.07) is -3.59. The molecule has 4 N–H and O–H groups in total. The number of urea groups is 1. The van der Waals surface area contributed by atoms with Crippen molar-refractivity contribution in [1.82, 2.24) is 26.2 Å². The normalized spacial score (nSPS) is 26.6. The predicted molar refractivity (Wildman–Crippen MR) is 208 cm³/mol. The molecule has 13 heteroatoms. The lowest BCUT2D eigenvalue weighted by Crippen LogP contribution is -2.65. The average Bonchev–Trinajstić information content (AvgIpc) is 3.96. The molecule has 54 heavy (non-hydrogen) atoms. The third-order valence-corrected chi connectivity index (χ3v) is 16.3. The molecule has 5 aliphatic rings. The Balaban J connectivity index is 1.37. The van der Waals surface area contributed by atoms with Crippen LogP contribution in [-0.4, -0.2) is 90.1 Å². The first-order valence-corrected chi connectivity index (χ1v) is 22.1. The van der Waals surface area contributed by atoms with Crippen LogP contribution < -0.4 is 21.3 Å². The highest BCUT2D eigenvalue weighted by Crippen LogP contribution is 2.65. The van der Waals surface area contributed by atoms with Gasteiger partial charge >= 0.3 is 6.03 Å². The van der Waals surface area contributed by atoms with Gasteiger partial charge in [0.1, 0.15) is 12.1 Å². The van der Waals surface area contributed by atoms with Crippen LogP contribution in [0.4, 0.5) is 4.79 Å². The number of hydrogen-bond acceptors (Lipinski definition) is 7. The summed E-state index contributed by atoms with van der Waals surface area (Å²) in [5, 5.41) is 11.7. The van der Waals surface area contributed by atoms with Gasteiger partial charge in [0.15, 0.2) is 9.84 Å². The summed E-state index contributed by atoms with van der Waals surface area (Å²) in [6.07, 6.45) is 16.6. The Morgan fingerprint density at radius 1 is 0.907 bits per heavy atom. The van der Waals surface area contributed by atoms with E-state index in [9.17, 15) is 32.4 Å². The molecule has 4 aliphatic carbocycles. The van der Waals surface area contributed by atoms with Crippen LogP contribution in [0.5, 0.6) is 0 Å². The van der Waals surface area contributed by atoms with Crippen LogP contribution in [-0.2, 0) is 29.0 Å². The van der Waals surface area contributed by atoms with E-state index >= 15 is 0 Å². The molecule has 1 aliphatic heterocycles. The van der Waals surface area contributed by atoms with Gasteiger partial charge in [0.25, 0.3) is 5.91 Å². The number of piperidine rings is 1. The summed E-state index contributed by atoms with van der Waals surface area (Å²) in [7, 11) is -3.58. The number of fused-ring (bicyclic) bond motifs is 1. The molecule has 5 fully saturated rings. The third-order valence-electron chi connectivity index (χ3n) is 13.5. The summed E-state index contributed by atoms with van der Waals surface area (Å²) < 4.78 is 25.9. The van der Waals surface area contributed by atoms with Crippen molar-refractivity contribution in [1.29, 1.82) is 0 Å². The summed E-state index contributed by atoms with van der Waals surface area (Å²) in [4.78, 5) is 71.2. The van der Waals surface area contributed by atoms with E-state index in [1.165, 1.54) is 0 Å². The van der Waals surface area contributed by atoms with Crippen molar-refractivity contribution in [3.05, 3.63) is 0 Å². The first-order chi connectivity index (χ1) is 25.3. The highest BCUT2D eigenvalue weighted by atomic mass is 32.2. The fraction of sp³-hybridized carbons (Fsp3) is 0.829. The molecule has 5 amide bonds. The number of nitrogens with zero attached hydrogens (tertiary/aromatic N) is 1. The van der Waals surface area contributed by atoms with Gasteiger partial charge in [-0.25, -0.2) is 13.2 Å². The van der Waals surface area contributed by atoms with Crippen LogP contribution in [0.1, 0.15) is 138 Å². The Bertz CT molecular complexity index is 1600. The number of hydrogen-bond donors (Lipinski definition) is 4. The smallest absolute Gasteiger partial charge is 0.315 e. The Labute approximate surface area is 323 Å². The molecular weight excluding hydrogens is 707 g/mol. The maximum absolute atomic E-state index is 14.9. The van der Waals surface area contributed by atoms with Gasteiger partial charge in [-0.3, -0.25) is 19.2 Å². The maximum atomic E-state index is 14.9. The Morgan fingerprint density at radius 3 is 2.09 bits per heavy atom. The van der Waals surface area contributed by atoms with Crippen LogP contribution in [0.2, 0.25) is 0 Å². The summed E-state index contributed by atoms with van der Waals surface area (Å²) in [5.41, 5.74) is -1.78. The van der Waals surface area contributed by atoms with Crippen molar-refractivity contribution in [2.24, 2.45) is 28.6 Å². The largest absolute Gasteiger partial charge is 0.349 e. The van der Waals surface area contributed by atoms with E-state index in [1.807, 2.05) is 6.92 Å². The van der Waals surface area contributed by atoms with Gasteiger partial charge in [-0.15, -0.1) is 12.3 Å². The lowest BCUT2D eigenvalue weighted by atomic mass is 9.70. The highest BCUT2D eigenvalue weighted by molar-refractivity contribution is 7.92. The SMILES string of the molecule is C#CCCC(NC(=O)[C@@H]1[C@@H]2[C@H](CN1C(=O)[C@@H](NC(=O)NC1(CS(=O)(=O)C(C)(C)C)CCCCC1)C1(C)CCCCC1)C2(C)C)C(=O)C(=O)NCCC1CC1. The number of sulfone groups is 1. The van der Waals surface area contributed by atoms with E-state index in [0.29, 0.717) is 44.7 Å². The van der Waals surface area contributed by atoms with Gasteiger partial charge in [-0.1, -0.05) is 72.1 Å². The van der Waals surface area contributed by atoms with Crippen molar-refractivity contribution < 1.29 is 32.4 Å². The molecule has 4 saturated carbocycles. The number of carbonyl (C=O) groups excluding carboxylic acids is 5. The minimum atomic E-state index is -3.58. The summed E-state index contributed by atoms with van der Waals surface area (Å²) in [6.45, 7) is 11.9. The van der Waals surface area contributed by atoms with E-state index in [4.69, 9.17) is 6.42 Å². The second-order valence-corrected chi connectivity index (χ2v) is 21.7. The number of rotatable bonds is 15. The number of carbonyl (C=O) groups is 5. The third kappa shape index (κ3) is 9.27. The zero-order valence-corrected chi connectivity index (χ0v) is 34.3. The zero-order valence-electron chi connectivity index (χ0n) is 33.5. The van der Waals surface area contributed by atoms with Crippen molar-refractivity contribution >= 4 is 39.4 Å². The van der Waals surface area contributed by atoms with Crippen LogP contribution in [0.3, 0.4) is 0 Å². The van der Waals surface area contributed by atoms with Gasteiger partial charge in [0.05, 0.1) is 22.1 Å². The number of terminal acetylenes is 1. The van der Waals surface area contributed by atoms with E-state index in [0.717, 1.165) is 57.8 Å². The topological polar surface area (TPSA) is 171 Å². The standard InChI is InChI=1S/C41H65N5O7S/c1-8-9-16-29(32(47)35(49)42-24-19-27-17-18-27)43-34(48)31-30-28(39(30,5)6)25-46(31)36(50)33(40(7)20-12-10-13-21-40)44-37(51)45-41(22-14-11-15-23-41)26-54(52,53)38(2,3)4/h1,27-31,33H,9-26H2,2-7H3,(H,42,49)(H,43,48)(H2,44,45,51)/t28-,29?,30-,31-,33+/m0/s1. The number of nitrogens with one attached hydrogen (secondary N) is 4. The molecule has 0 aromatic carbocycles. The first kappa shape index (κ1) is 42.0. The average molecular weight is 772 g/mol. The van der Waals surface area contributed by atoms with E-state index in [2.05, 4.69) is 41.0 Å². The van der Waals surface area contributed by atoms with E-state index in [-0.39, 0.29) is 41.8 Å². The van der Waals surface area contributed by atoms with Gasteiger partial charge in [-0.2, -0.15) is 0 Å². The Kier molecular flexibility index (Phi) is 12.6. The highest BCUT2D eigenvalue weighted by Gasteiger charge is 2.70. The molecule has 1 unspecified atom stereocenters. The van der Waals surface area contributed by atoms with E-state index < -0.39 is 67.3 Å². The molecule has 5 atom stereocenters. The lowest BCUT2D eigenvalue weighted by molar-refractivity contribution is -0.146. The van der Waals surface area contributed by atoms with Crippen LogP contribution in [0.25, 0.3) is 0 Å². The maximum Gasteiger partial charge on any atom is 0.315 e. The molecule has 0 spiro atoms. The first-order valence-electron chi connectivity index (χ1n) is 20.4. The molecule has 5 rings (SSSR count). The zero-order chi connectivity index (χ0) is 39.7. The molecule has 302 valence electrons. The van der Waals surface area contributed by atoms with Crippen molar-refractivity contribution in [2.45, 2.75) is 166 Å². The molecule has 12 nitrogen and oxygen atoms in total. The van der Waals surface area contributed by atoms with Gasteiger partial charge < -0.3 is 26.2 Å². The van der Waals surface area contributed by atoms with Crippen LogP contribution in [0, 0.1) is 40.9 Å². The summed E-state index contributed by atoms with van der Waals surface area (Å²) in [5.74, 6) is 0.401. The van der Waals surface area contributed by atoms with Crippen molar-refractivity contribution in [3.8, 4) is 12.3 Å². The van der Waals surface area contributed by atoms with Crippen LogP contribution >= 0.6 is 0 Å². The molecule has 0 bridgehead atoms. The van der Waals surface area contributed by atoms with Crippen molar-refractivity contribution in [2.75, 3.05) is 18.8 Å². The van der Waals surface area contributed by atoms with Crippen LogP contribution in [0.15, 0.2) is 0 Å². The van der Waals surface area contributed by atoms with Crippen molar-refractivity contribution in [3.63, 3.8) is 0 Å². The second-order valence-electron chi connectivity index (χ2n) is 19.0. The van der Waals surface area contributed by atoms with Gasteiger partial charge in [-0.05, 0) is 87.9 Å². The number of likely N-dealkylation sites (tertiary alicyclic amines) is 1. The lowest BCUT2D eigenvalue weighted by Gasteiger charge is -2.44. The monoisotopic (exact) mass is 771 g/mol. The summed E-state index contributed by atoms with van der Waals surface area (Å²) >= 11 is 0. The van der Waals surface area contributed by atoms with E-state index in [1.54, 1.807) is 25.7 Å². The predicted octanol–water partition coefficient (Wildman–Crippen LogP) is 4.41. The molecule has 1 saturated heterocycles. The molecule has 1 heterocycles. The Morgan fingerprint density at radius 2 is 1.52 bits per heavy atom. The Hall–Kier alpha value is -3.14. The minimum absolute atomic E-state index is 0.0459. The molecule has 0 aromatic rings. The molecule has 0 aromatic heterocycles. The fourth-order valence-corrected chi connectivity index (χ4v) is 11.0. The number of ketones is 1. The molecule has 0 radical (unpaired) electrons. The fourth-order valence-electron chi connectivity index (χ4n) is 9.48.